The lowest BCUT2D eigenvalue weighted by Crippen LogP contribution is -2.39. The third kappa shape index (κ3) is 2.73. The number of para-hydroxylation sites is 3. The Kier molecular flexibility index (Phi) is 3.63. The van der Waals surface area contributed by atoms with Gasteiger partial charge in [0.2, 0.25) is 0 Å². The number of ether oxygens (including phenoxy) is 2. The van der Waals surface area contributed by atoms with Crippen LogP contribution in [0.25, 0.3) is 16.6 Å². The van der Waals surface area contributed by atoms with E-state index in [0.717, 1.165) is 39.6 Å². The van der Waals surface area contributed by atoms with Gasteiger partial charge >= 0.3 is 0 Å². The van der Waals surface area contributed by atoms with Crippen LogP contribution in [0, 0.1) is 6.92 Å². The molecule has 0 aliphatic carbocycles. The molecule has 2 aromatic heterocycles. The molecule has 4 aromatic rings. The van der Waals surface area contributed by atoms with Crippen molar-refractivity contribution in [2.24, 2.45) is 0 Å². The number of hydrogen-bond donors (Lipinski definition) is 0. The molecular formula is C21H20N4O2. The summed E-state index contributed by atoms with van der Waals surface area (Å²) < 4.78 is 13.9. The third-order valence-electron chi connectivity index (χ3n) is 4.81. The van der Waals surface area contributed by atoms with Crippen molar-refractivity contribution in [1.29, 1.82) is 0 Å². The quantitative estimate of drug-likeness (QED) is 0.560. The van der Waals surface area contributed by atoms with Crippen LogP contribution in [-0.2, 0) is 0 Å². The highest BCUT2D eigenvalue weighted by molar-refractivity contribution is 5.91. The summed E-state index contributed by atoms with van der Waals surface area (Å²) in [6.45, 7) is 3.18. The number of nitrogens with zero attached hydrogens (tertiary/aromatic N) is 4. The molecule has 0 N–H and O–H groups in total. The largest absolute Gasteiger partial charge is 0.486 e. The van der Waals surface area contributed by atoms with Crippen molar-refractivity contribution in [1.82, 2.24) is 14.6 Å². The zero-order valence-corrected chi connectivity index (χ0v) is 15.3. The lowest BCUT2D eigenvalue weighted by molar-refractivity contribution is 0.0960. The van der Waals surface area contributed by atoms with E-state index >= 15 is 0 Å². The summed E-state index contributed by atoms with van der Waals surface area (Å²) in [5, 5.41) is 5.64. The van der Waals surface area contributed by atoms with Crippen LogP contribution in [0.1, 0.15) is 5.69 Å². The van der Waals surface area contributed by atoms with E-state index in [-0.39, 0.29) is 6.10 Å². The van der Waals surface area contributed by atoms with Gasteiger partial charge in [0.1, 0.15) is 12.4 Å². The molecule has 0 saturated carbocycles. The molecule has 0 radical (unpaired) electrons. The van der Waals surface area contributed by atoms with Gasteiger partial charge in [0.25, 0.3) is 0 Å². The second-order valence-electron chi connectivity index (χ2n) is 6.89. The highest BCUT2D eigenvalue weighted by Gasteiger charge is 2.23. The summed E-state index contributed by atoms with van der Waals surface area (Å²) in [5.74, 6) is 2.51. The van der Waals surface area contributed by atoms with Gasteiger partial charge in [0.15, 0.2) is 23.3 Å². The van der Waals surface area contributed by atoms with Crippen molar-refractivity contribution in [3.63, 3.8) is 0 Å². The third-order valence-corrected chi connectivity index (χ3v) is 4.81. The molecule has 0 fully saturated rings. The Balaban J connectivity index is 1.49. The van der Waals surface area contributed by atoms with Crippen LogP contribution in [0.3, 0.4) is 0 Å². The van der Waals surface area contributed by atoms with E-state index in [1.165, 1.54) is 0 Å². The van der Waals surface area contributed by atoms with Crippen LogP contribution < -0.4 is 14.4 Å². The molecule has 0 bridgehead atoms. The van der Waals surface area contributed by atoms with Crippen molar-refractivity contribution in [3.05, 3.63) is 60.3 Å². The van der Waals surface area contributed by atoms with Gasteiger partial charge in [0, 0.05) is 18.5 Å². The van der Waals surface area contributed by atoms with E-state index in [0.29, 0.717) is 13.2 Å². The summed E-state index contributed by atoms with van der Waals surface area (Å²) in [7, 11) is 2.04. The molecule has 0 unspecified atom stereocenters. The van der Waals surface area contributed by atoms with Crippen LogP contribution in [0.5, 0.6) is 11.5 Å². The molecule has 1 atom stereocenters. The van der Waals surface area contributed by atoms with Crippen molar-refractivity contribution >= 4 is 22.4 Å². The van der Waals surface area contributed by atoms with Gasteiger partial charge in [-0.15, -0.1) is 0 Å². The van der Waals surface area contributed by atoms with Crippen molar-refractivity contribution in [3.8, 4) is 11.5 Å². The van der Waals surface area contributed by atoms with Gasteiger partial charge in [-0.2, -0.15) is 5.10 Å². The Labute approximate surface area is 157 Å². The molecule has 0 spiro atoms. The van der Waals surface area contributed by atoms with E-state index in [1.54, 1.807) is 0 Å². The van der Waals surface area contributed by atoms with Gasteiger partial charge in [-0.1, -0.05) is 24.3 Å². The number of hydrogen-bond acceptors (Lipinski definition) is 5. The van der Waals surface area contributed by atoms with Crippen molar-refractivity contribution in [2.45, 2.75) is 13.0 Å². The fourth-order valence-corrected chi connectivity index (χ4v) is 3.59. The Morgan fingerprint density at radius 2 is 1.89 bits per heavy atom. The average Bonchev–Trinajstić information content (AvgIpc) is 3.07. The topological polar surface area (TPSA) is 51.9 Å². The Bertz CT molecular complexity index is 1140. The number of benzene rings is 2. The van der Waals surface area contributed by atoms with Gasteiger partial charge in [-0.25, -0.2) is 9.50 Å². The minimum atomic E-state index is -0.0617. The van der Waals surface area contributed by atoms with E-state index in [2.05, 4.69) is 22.1 Å². The van der Waals surface area contributed by atoms with Crippen LogP contribution in [0.15, 0.2) is 54.6 Å². The summed E-state index contributed by atoms with van der Waals surface area (Å²) in [4.78, 5) is 7.00. The number of aryl methyl sites for hydroxylation is 1. The molecule has 5 rings (SSSR count). The Morgan fingerprint density at radius 3 is 2.78 bits per heavy atom. The fraction of sp³-hybridized carbons (Fsp3) is 0.238. The SMILES string of the molecule is Cc1cc2nc(N(C)C[C@H]3COc4ccccc4O3)c3ccccc3n2n1. The number of fused-ring (bicyclic) bond motifs is 4. The van der Waals surface area contributed by atoms with Crippen LogP contribution in [-0.4, -0.2) is 40.9 Å². The molecule has 0 saturated heterocycles. The number of rotatable bonds is 3. The molecule has 6 nitrogen and oxygen atoms in total. The van der Waals surface area contributed by atoms with Gasteiger partial charge in [-0.05, 0) is 31.2 Å². The predicted molar refractivity (Wildman–Crippen MR) is 105 cm³/mol. The highest BCUT2D eigenvalue weighted by Crippen LogP contribution is 2.32. The molecule has 6 heteroatoms. The minimum absolute atomic E-state index is 0.0617. The first-order chi connectivity index (χ1) is 13.2. The molecule has 3 heterocycles. The second kappa shape index (κ2) is 6.16. The van der Waals surface area contributed by atoms with Crippen molar-refractivity contribution in [2.75, 3.05) is 25.1 Å². The highest BCUT2D eigenvalue weighted by atomic mass is 16.6. The molecule has 0 amide bonds. The molecular weight excluding hydrogens is 340 g/mol. The monoisotopic (exact) mass is 360 g/mol. The molecule has 1 aliphatic rings. The summed E-state index contributed by atoms with van der Waals surface area (Å²) in [5.41, 5.74) is 2.84. The first kappa shape index (κ1) is 15.9. The summed E-state index contributed by atoms with van der Waals surface area (Å²) in [6.07, 6.45) is -0.0617. The summed E-state index contributed by atoms with van der Waals surface area (Å²) in [6, 6.07) is 18.0. The number of likely N-dealkylation sites (N-methyl/N-ethyl adjacent to an activating group) is 1. The Hall–Kier alpha value is -3.28. The smallest absolute Gasteiger partial charge is 0.161 e. The molecule has 2 aromatic carbocycles. The van der Waals surface area contributed by atoms with Gasteiger partial charge in [-0.3, -0.25) is 0 Å². The Morgan fingerprint density at radius 1 is 1.11 bits per heavy atom. The second-order valence-corrected chi connectivity index (χ2v) is 6.89. The maximum atomic E-state index is 6.12. The molecule has 1 aliphatic heterocycles. The zero-order valence-electron chi connectivity index (χ0n) is 15.3. The maximum Gasteiger partial charge on any atom is 0.161 e. The van der Waals surface area contributed by atoms with E-state index in [4.69, 9.17) is 14.5 Å². The zero-order chi connectivity index (χ0) is 18.4. The van der Waals surface area contributed by atoms with Crippen LogP contribution in [0.4, 0.5) is 5.82 Å². The van der Waals surface area contributed by atoms with Gasteiger partial charge < -0.3 is 14.4 Å². The molecule has 136 valence electrons. The number of aromatic nitrogens is 3. The first-order valence-electron chi connectivity index (χ1n) is 9.04. The van der Waals surface area contributed by atoms with Crippen LogP contribution >= 0.6 is 0 Å². The fourth-order valence-electron chi connectivity index (χ4n) is 3.59. The standard InChI is InChI=1S/C21H20N4O2/c1-14-11-20-22-21(16-7-3-4-8-17(16)25(20)23-14)24(2)12-15-13-26-18-9-5-6-10-19(18)27-15/h3-11,15H,12-13H2,1-2H3/t15-/m0/s1. The normalized spacial score (nSPS) is 16.0. The van der Waals surface area contributed by atoms with E-state index in [9.17, 15) is 0 Å². The van der Waals surface area contributed by atoms with Gasteiger partial charge in [0.05, 0.1) is 17.8 Å². The van der Waals surface area contributed by atoms with E-state index < -0.39 is 0 Å². The lowest BCUT2D eigenvalue weighted by atomic mass is 10.2. The van der Waals surface area contributed by atoms with Crippen LogP contribution in [0.2, 0.25) is 0 Å². The maximum absolute atomic E-state index is 6.12. The van der Waals surface area contributed by atoms with Crippen molar-refractivity contribution < 1.29 is 9.47 Å². The molecule has 27 heavy (non-hydrogen) atoms. The first-order valence-corrected chi connectivity index (χ1v) is 9.04. The predicted octanol–water partition coefficient (Wildman–Crippen LogP) is 3.47. The summed E-state index contributed by atoms with van der Waals surface area (Å²) >= 11 is 0. The van der Waals surface area contributed by atoms with E-state index in [1.807, 2.05) is 61.0 Å². The number of anilines is 1. The minimum Gasteiger partial charge on any atom is -0.486 e. The lowest BCUT2D eigenvalue weighted by Gasteiger charge is -2.30. The average molecular weight is 360 g/mol.